The predicted molar refractivity (Wildman–Crippen MR) is 129 cm³/mol. The summed E-state index contributed by atoms with van der Waals surface area (Å²) < 4.78 is 10.7. The van der Waals surface area contributed by atoms with Crippen LogP contribution in [0.2, 0.25) is 0 Å². The molecule has 2 atom stereocenters. The number of anilines is 2. The molecule has 1 heterocycles. The number of carbonyl (C=O) groups is 1. The van der Waals surface area contributed by atoms with Gasteiger partial charge in [-0.05, 0) is 60.9 Å². The topological polar surface area (TPSA) is 50.8 Å². The number of benzene rings is 3. The number of carbonyl (C=O) groups excluding carboxylic acids is 1. The number of methoxy groups -OCH3 is 2. The first kappa shape index (κ1) is 21.5. The fraction of sp³-hybridized carbons (Fsp3) is 0.222. The number of ether oxygens (including phenoxy) is 2. The molecule has 0 fully saturated rings. The standard InChI is InChI=1S/C27H28N2O3/c1-19-17-23(28-21-9-5-4-6-10-21)22-11-7-8-12-24(22)29(19)27(30)16-14-20-13-15-25(31-2)26(18-20)32-3/h4-16,18-19,23,28H,17H2,1-3H3/b16-14-/t19-,23-/m1/s1. The summed E-state index contributed by atoms with van der Waals surface area (Å²) in [6, 6.07) is 24.1. The summed E-state index contributed by atoms with van der Waals surface area (Å²) in [5.74, 6) is 1.25. The van der Waals surface area contributed by atoms with Gasteiger partial charge in [-0.15, -0.1) is 0 Å². The first-order valence-corrected chi connectivity index (χ1v) is 10.7. The number of nitrogens with zero attached hydrogens (tertiary/aromatic N) is 1. The van der Waals surface area contributed by atoms with Crippen LogP contribution < -0.4 is 19.7 Å². The van der Waals surface area contributed by atoms with Crippen molar-refractivity contribution in [3.63, 3.8) is 0 Å². The number of hydrogen-bond donors (Lipinski definition) is 1. The van der Waals surface area contributed by atoms with Crippen LogP contribution in [0.1, 0.15) is 30.5 Å². The third kappa shape index (κ3) is 4.47. The Morgan fingerprint density at radius 1 is 0.969 bits per heavy atom. The summed E-state index contributed by atoms with van der Waals surface area (Å²) in [7, 11) is 3.20. The van der Waals surface area contributed by atoms with Crippen molar-refractivity contribution < 1.29 is 14.3 Å². The molecule has 3 aromatic carbocycles. The summed E-state index contributed by atoms with van der Waals surface area (Å²) in [5.41, 5.74) is 4.02. The van der Waals surface area contributed by atoms with Gasteiger partial charge in [0.2, 0.25) is 0 Å². The lowest BCUT2D eigenvalue weighted by atomic mass is 9.91. The molecule has 1 aliphatic rings. The van der Waals surface area contributed by atoms with Crippen LogP contribution >= 0.6 is 0 Å². The maximum Gasteiger partial charge on any atom is 0.251 e. The summed E-state index contributed by atoms with van der Waals surface area (Å²) >= 11 is 0. The minimum absolute atomic E-state index is 0.0436. The van der Waals surface area contributed by atoms with Crippen LogP contribution in [0.3, 0.4) is 0 Å². The highest BCUT2D eigenvalue weighted by Crippen LogP contribution is 2.39. The van der Waals surface area contributed by atoms with Gasteiger partial charge in [-0.25, -0.2) is 0 Å². The lowest BCUT2D eigenvalue weighted by Gasteiger charge is -2.39. The minimum Gasteiger partial charge on any atom is -0.493 e. The molecular formula is C27H28N2O3. The third-order valence-electron chi connectivity index (χ3n) is 5.77. The Balaban J connectivity index is 1.58. The van der Waals surface area contributed by atoms with Gasteiger partial charge >= 0.3 is 0 Å². The molecule has 5 nitrogen and oxygen atoms in total. The highest BCUT2D eigenvalue weighted by atomic mass is 16.5. The molecular weight excluding hydrogens is 400 g/mol. The van der Waals surface area contributed by atoms with Crippen LogP contribution in [-0.2, 0) is 4.79 Å². The van der Waals surface area contributed by atoms with Gasteiger partial charge in [-0.2, -0.15) is 0 Å². The van der Waals surface area contributed by atoms with E-state index in [9.17, 15) is 4.79 Å². The maximum atomic E-state index is 13.2. The third-order valence-corrected chi connectivity index (χ3v) is 5.77. The molecule has 1 amide bonds. The van der Waals surface area contributed by atoms with E-state index in [0.717, 1.165) is 28.9 Å². The molecule has 5 heteroatoms. The Morgan fingerprint density at radius 2 is 1.69 bits per heavy atom. The molecule has 0 bridgehead atoms. The minimum atomic E-state index is -0.0436. The van der Waals surface area contributed by atoms with Crippen LogP contribution in [0.25, 0.3) is 6.08 Å². The lowest BCUT2D eigenvalue weighted by Crippen LogP contribution is -2.43. The molecule has 0 saturated carbocycles. The van der Waals surface area contributed by atoms with Gasteiger partial charge < -0.3 is 19.7 Å². The number of nitrogens with one attached hydrogen (secondary N) is 1. The molecule has 0 aromatic heterocycles. The normalized spacial score (nSPS) is 17.7. The molecule has 32 heavy (non-hydrogen) atoms. The van der Waals surface area contributed by atoms with Gasteiger partial charge in [0.05, 0.1) is 20.3 Å². The molecule has 0 spiro atoms. The molecule has 0 unspecified atom stereocenters. The number of hydrogen-bond acceptors (Lipinski definition) is 4. The van der Waals surface area contributed by atoms with Crippen LogP contribution in [0.15, 0.2) is 78.9 Å². The van der Waals surface area contributed by atoms with Gasteiger partial charge in [-0.3, -0.25) is 4.79 Å². The first-order valence-electron chi connectivity index (χ1n) is 10.7. The van der Waals surface area contributed by atoms with Gasteiger partial charge in [-0.1, -0.05) is 42.5 Å². The van der Waals surface area contributed by atoms with E-state index in [1.54, 1.807) is 20.3 Å². The van der Waals surface area contributed by atoms with Crippen LogP contribution in [0.4, 0.5) is 11.4 Å². The number of fused-ring (bicyclic) bond motifs is 1. The summed E-state index contributed by atoms with van der Waals surface area (Å²) in [6.07, 6.45) is 4.26. The zero-order chi connectivity index (χ0) is 22.5. The quantitative estimate of drug-likeness (QED) is 0.512. The average molecular weight is 429 g/mol. The van der Waals surface area contributed by atoms with E-state index in [4.69, 9.17) is 9.47 Å². The zero-order valence-corrected chi connectivity index (χ0v) is 18.6. The Kier molecular flexibility index (Phi) is 6.45. The fourth-order valence-electron chi connectivity index (χ4n) is 4.22. The molecule has 1 N–H and O–H groups in total. The number of para-hydroxylation sites is 2. The molecule has 3 aromatic rings. The van der Waals surface area contributed by atoms with E-state index in [1.165, 1.54) is 0 Å². The van der Waals surface area contributed by atoms with Gasteiger partial charge in [0.15, 0.2) is 11.5 Å². The second-order valence-electron chi connectivity index (χ2n) is 7.86. The number of amides is 1. The van der Waals surface area contributed by atoms with Crippen molar-refractivity contribution in [3.05, 3.63) is 90.0 Å². The van der Waals surface area contributed by atoms with Crippen molar-refractivity contribution >= 4 is 23.4 Å². The second-order valence-corrected chi connectivity index (χ2v) is 7.86. The Bertz CT molecular complexity index is 1110. The summed E-state index contributed by atoms with van der Waals surface area (Å²) in [4.78, 5) is 15.1. The summed E-state index contributed by atoms with van der Waals surface area (Å²) in [6.45, 7) is 2.10. The van der Waals surface area contributed by atoms with Crippen LogP contribution in [0, 0.1) is 0 Å². The van der Waals surface area contributed by atoms with E-state index in [-0.39, 0.29) is 18.0 Å². The van der Waals surface area contributed by atoms with Crippen molar-refractivity contribution in [2.75, 3.05) is 24.4 Å². The molecule has 0 radical (unpaired) electrons. The van der Waals surface area contributed by atoms with Crippen LogP contribution in [-0.4, -0.2) is 26.2 Å². The van der Waals surface area contributed by atoms with Crippen LogP contribution in [0.5, 0.6) is 11.5 Å². The van der Waals surface area contributed by atoms with Crippen molar-refractivity contribution in [2.24, 2.45) is 0 Å². The molecule has 1 aliphatic heterocycles. The van der Waals surface area contributed by atoms with E-state index >= 15 is 0 Å². The van der Waals surface area contributed by atoms with Crippen molar-refractivity contribution in [1.82, 2.24) is 0 Å². The van der Waals surface area contributed by atoms with Gasteiger partial charge in [0.25, 0.3) is 5.91 Å². The van der Waals surface area contributed by atoms with E-state index < -0.39 is 0 Å². The molecule has 4 rings (SSSR count). The molecule has 164 valence electrons. The summed E-state index contributed by atoms with van der Waals surface area (Å²) in [5, 5.41) is 3.63. The smallest absolute Gasteiger partial charge is 0.251 e. The largest absolute Gasteiger partial charge is 0.493 e. The monoisotopic (exact) mass is 428 g/mol. The van der Waals surface area contributed by atoms with Crippen molar-refractivity contribution in [2.45, 2.75) is 25.4 Å². The number of rotatable bonds is 6. The van der Waals surface area contributed by atoms with Gasteiger partial charge in [0, 0.05) is 23.5 Å². The fourth-order valence-corrected chi connectivity index (χ4v) is 4.22. The molecule has 0 saturated heterocycles. The van der Waals surface area contributed by atoms with Gasteiger partial charge in [0.1, 0.15) is 0 Å². The zero-order valence-electron chi connectivity index (χ0n) is 18.6. The Labute approximate surface area is 189 Å². The maximum absolute atomic E-state index is 13.2. The van der Waals surface area contributed by atoms with Crippen molar-refractivity contribution in [1.29, 1.82) is 0 Å². The van der Waals surface area contributed by atoms with E-state index in [1.807, 2.05) is 65.6 Å². The van der Waals surface area contributed by atoms with Crippen molar-refractivity contribution in [3.8, 4) is 11.5 Å². The lowest BCUT2D eigenvalue weighted by molar-refractivity contribution is -0.114. The van der Waals surface area contributed by atoms with E-state index in [2.05, 4.69) is 30.4 Å². The Hall–Kier alpha value is -3.73. The SMILES string of the molecule is COc1ccc(/C=C\C(=O)N2c3ccccc3[C@H](Nc3ccccc3)C[C@H]2C)cc1OC. The second kappa shape index (κ2) is 9.60. The predicted octanol–water partition coefficient (Wildman–Crippen LogP) is 5.70. The Morgan fingerprint density at radius 3 is 2.44 bits per heavy atom. The van der Waals surface area contributed by atoms with E-state index in [0.29, 0.717) is 11.5 Å². The average Bonchev–Trinajstić information content (AvgIpc) is 2.83. The highest BCUT2D eigenvalue weighted by molar-refractivity contribution is 6.05. The molecule has 0 aliphatic carbocycles. The first-order chi connectivity index (χ1) is 15.6. The highest BCUT2D eigenvalue weighted by Gasteiger charge is 2.32.